The smallest absolute Gasteiger partial charge is 0.332 e. The van der Waals surface area contributed by atoms with Crippen LogP contribution in [0.5, 0.6) is 0 Å². The first-order chi connectivity index (χ1) is 8.09. The zero-order chi connectivity index (χ0) is 12.4. The molecule has 3 nitrogen and oxygen atoms in total. The molecule has 0 aliphatic carbocycles. The van der Waals surface area contributed by atoms with Gasteiger partial charge in [-0.25, -0.2) is 4.79 Å². The lowest BCUT2D eigenvalue weighted by molar-refractivity contribution is -0.132. The van der Waals surface area contributed by atoms with Crippen molar-refractivity contribution in [2.45, 2.75) is 25.8 Å². The van der Waals surface area contributed by atoms with Gasteiger partial charge in [0, 0.05) is 23.8 Å². The highest BCUT2D eigenvalue weighted by Gasteiger charge is 2.24. The van der Waals surface area contributed by atoms with E-state index in [1.54, 1.807) is 0 Å². The topological polar surface area (TPSA) is 40.5 Å². The fourth-order valence-corrected chi connectivity index (χ4v) is 2.27. The maximum absolute atomic E-state index is 10.9. The predicted molar refractivity (Wildman–Crippen MR) is 68.3 cm³/mol. The minimum Gasteiger partial charge on any atom is -0.478 e. The average molecular weight is 231 g/mol. The predicted octanol–water partition coefficient (Wildman–Crippen LogP) is 2.47. The molecule has 0 fully saturated rings. The summed E-state index contributed by atoms with van der Waals surface area (Å²) in [6.07, 6.45) is 2.12. The number of hydrogen-bond acceptors (Lipinski definition) is 2. The minimum absolute atomic E-state index is 0.244. The van der Waals surface area contributed by atoms with E-state index in [1.807, 2.05) is 12.1 Å². The Morgan fingerprint density at radius 3 is 2.94 bits per heavy atom. The molecule has 0 amide bonds. The third kappa shape index (κ3) is 2.33. The molecule has 1 atom stereocenters. The van der Waals surface area contributed by atoms with Gasteiger partial charge in [0.2, 0.25) is 0 Å². The maximum Gasteiger partial charge on any atom is 0.332 e. The number of aliphatic carboxylic acids is 1. The summed E-state index contributed by atoms with van der Waals surface area (Å²) in [5.74, 6) is -0.916. The SMILES string of the molecule is C=C(CN1c2ccccc2CCC1C)C(=O)O. The minimum atomic E-state index is -0.916. The van der Waals surface area contributed by atoms with Gasteiger partial charge in [-0.1, -0.05) is 24.8 Å². The Kier molecular flexibility index (Phi) is 3.18. The van der Waals surface area contributed by atoms with Crippen molar-refractivity contribution >= 4 is 11.7 Å². The number of para-hydroxylation sites is 1. The van der Waals surface area contributed by atoms with E-state index in [1.165, 1.54) is 5.56 Å². The summed E-state index contributed by atoms with van der Waals surface area (Å²) in [7, 11) is 0. The van der Waals surface area contributed by atoms with Gasteiger partial charge in [0.25, 0.3) is 0 Å². The fraction of sp³-hybridized carbons (Fsp3) is 0.357. The van der Waals surface area contributed by atoms with Crippen molar-refractivity contribution < 1.29 is 9.90 Å². The van der Waals surface area contributed by atoms with E-state index in [2.05, 4.69) is 30.5 Å². The van der Waals surface area contributed by atoms with Gasteiger partial charge in [-0.3, -0.25) is 0 Å². The highest BCUT2D eigenvalue weighted by Crippen LogP contribution is 2.30. The van der Waals surface area contributed by atoms with Crippen LogP contribution in [0.1, 0.15) is 18.9 Å². The Balaban J connectivity index is 2.27. The largest absolute Gasteiger partial charge is 0.478 e. The first-order valence-corrected chi connectivity index (χ1v) is 5.85. The fourth-order valence-electron chi connectivity index (χ4n) is 2.27. The van der Waals surface area contributed by atoms with Crippen LogP contribution in [0.2, 0.25) is 0 Å². The average Bonchev–Trinajstić information content (AvgIpc) is 2.32. The molecule has 2 rings (SSSR count). The zero-order valence-electron chi connectivity index (χ0n) is 10.0. The molecule has 90 valence electrons. The van der Waals surface area contributed by atoms with Gasteiger partial charge in [0.15, 0.2) is 0 Å². The van der Waals surface area contributed by atoms with Crippen molar-refractivity contribution in [1.82, 2.24) is 0 Å². The van der Waals surface area contributed by atoms with Crippen molar-refractivity contribution in [3.8, 4) is 0 Å². The van der Waals surface area contributed by atoms with E-state index in [0.29, 0.717) is 12.6 Å². The van der Waals surface area contributed by atoms with Crippen LogP contribution in [-0.4, -0.2) is 23.7 Å². The molecule has 1 heterocycles. The van der Waals surface area contributed by atoms with Crippen molar-refractivity contribution in [2.75, 3.05) is 11.4 Å². The molecule has 0 radical (unpaired) electrons. The van der Waals surface area contributed by atoms with Crippen LogP contribution < -0.4 is 4.90 Å². The number of nitrogens with zero attached hydrogens (tertiary/aromatic N) is 1. The lowest BCUT2D eigenvalue weighted by atomic mass is 9.96. The monoisotopic (exact) mass is 231 g/mol. The van der Waals surface area contributed by atoms with Gasteiger partial charge in [-0.15, -0.1) is 0 Å². The van der Waals surface area contributed by atoms with E-state index in [9.17, 15) is 4.79 Å². The summed E-state index contributed by atoms with van der Waals surface area (Å²) >= 11 is 0. The number of carboxylic acids is 1. The van der Waals surface area contributed by atoms with Crippen LogP contribution in [0, 0.1) is 0 Å². The van der Waals surface area contributed by atoms with Crippen LogP contribution in [0.4, 0.5) is 5.69 Å². The highest BCUT2D eigenvalue weighted by molar-refractivity contribution is 5.87. The molecule has 0 spiro atoms. The number of fused-ring (bicyclic) bond motifs is 1. The summed E-state index contributed by atoms with van der Waals surface area (Å²) in [6, 6.07) is 8.55. The Labute approximate surface area is 101 Å². The summed E-state index contributed by atoms with van der Waals surface area (Å²) in [5.41, 5.74) is 2.69. The number of carboxylic acid groups (broad SMARTS) is 1. The maximum atomic E-state index is 10.9. The lowest BCUT2D eigenvalue weighted by Gasteiger charge is -2.37. The molecule has 0 bridgehead atoms. The normalized spacial score (nSPS) is 18.6. The number of anilines is 1. The molecule has 1 aromatic carbocycles. The molecular formula is C14H17NO2. The number of rotatable bonds is 3. The van der Waals surface area contributed by atoms with Gasteiger partial charge in [-0.05, 0) is 31.4 Å². The third-order valence-corrected chi connectivity index (χ3v) is 3.33. The summed E-state index contributed by atoms with van der Waals surface area (Å²) in [6.45, 7) is 6.14. The van der Waals surface area contributed by atoms with E-state index in [4.69, 9.17) is 5.11 Å². The number of hydrogen-bond donors (Lipinski definition) is 1. The van der Waals surface area contributed by atoms with Gasteiger partial charge in [0.1, 0.15) is 0 Å². The summed E-state index contributed by atoms with van der Waals surface area (Å²) in [5, 5.41) is 8.92. The van der Waals surface area contributed by atoms with Crippen LogP contribution in [0.15, 0.2) is 36.4 Å². The van der Waals surface area contributed by atoms with Gasteiger partial charge in [-0.2, -0.15) is 0 Å². The van der Waals surface area contributed by atoms with Crippen LogP contribution in [0.25, 0.3) is 0 Å². The molecule has 0 saturated heterocycles. The number of carbonyl (C=O) groups is 1. The molecule has 0 aromatic heterocycles. The van der Waals surface area contributed by atoms with Crippen molar-refractivity contribution in [1.29, 1.82) is 0 Å². The van der Waals surface area contributed by atoms with Crippen LogP contribution in [0.3, 0.4) is 0 Å². The third-order valence-electron chi connectivity index (χ3n) is 3.33. The molecule has 1 aromatic rings. The molecule has 3 heteroatoms. The van der Waals surface area contributed by atoms with Crippen molar-refractivity contribution in [3.63, 3.8) is 0 Å². The Morgan fingerprint density at radius 2 is 2.24 bits per heavy atom. The Morgan fingerprint density at radius 1 is 1.53 bits per heavy atom. The summed E-state index contributed by atoms with van der Waals surface area (Å²) < 4.78 is 0. The number of benzene rings is 1. The first kappa shape index (κ1) is 11.7. The van der Waals surface area contributed by atoms with E-state index < -0.39 is 5.97 Å². The highest BCUT2D eigenvalue weighted by atomic mass is 16.4. The zero-order valence-corrected chi connectivity index (χ0v) is 10.0. The molecule has 1 aliphatic rings. The van der Waals surface area contributed by atoms with Crippen LogP contribution >= 0.6 is 0 Å². The molecule has 1 unspecified atom stereocenters. The second-order valence-electron chi connectivity index (χ2n) is 4.55. The Hall–Kier alpha value is -1.77. The second-order valence-corrected chi connectivity index (χ2v) is 4.55. The second kappa shape index (κ2) is 4.62. The lowest BCUT2D eigenvalue weighted by Crippen LogP contribution is -2.39. The quantitative estimate of drug-likeness (QED) is 0.812. The molecule has 17 heavy (non-hydrogen) atoms. The van der Waals surface area contributed by atoms with Gasteiger partial charge >= 0.3 is 5.97 Å². The Bertz CT molecular complexity index is 453. The molecule has 1 N–H and O–H groups in total. The molecule has 0 saturated carbocycles. The van der Waals surface area contributed by atoms with Gasteiger partial charge in [0.05, 0.1) is 0 Å². The van der Waals surface area contributed by atoms with Crippen molar-refractivity contribution in [2.24, 2.45) is 0 Å². The standard InChI is InChI=1S/C14H17NO2/c1-10(14(16)17)9-15-11(2)7-8-12-5-3-4-6-13(12)15/h3-6,11H,1,7-9H2,2H3,(H,16,17). The first-order valence-electron chi connectivity index (χ1n) is 5.85. The van der Waals surface area contributed by atoms with E-state index in [-0.39, 0.29) is 5.57 Å². The molecular weight excluding hydrogens is 214 g/mol. The van der Waals surface area contributed by atoms with E-state index >= 15 is 0 Å². The van der Waals surface area contributed by atoms with E-state index in [0.717, 1.165) is 18.5 Å². The summed E-state index contributed by atoms with van der Waals surface area (Å²) in [4.78, 5) is 13.0. The van der Waals surface area contributed by atoms with Crippen molar-refractivity contribution in [3.05, 3.63) is 42.0 Å². The van der Waals surface area contributed by atoms with Crippen LogP contribution in [-0.2, 0) is 11.2 Å². The van der Waals surface area contributed by atoms with Gasteiger partial charge < -0.3 is 10.0 Å². The molecule has 1 aliphatic heterocycles. The number of aryl methyl sites for hydroxylation is 1.